The van der Waals surface area contributed by atoms with Crippen molar-refractivity contribution >= 4 is 5.69 Å². The fraction of sp³-hybridized carbons (Fsp3) is 0.333. The van der Waals surface area contributed by atoms with Crippen molar-refractivity contribution in [3.05, 3.63) is 53.6 Å². The Morgan fingerprint density at radius 3 is 2.36 bits per heavy atom. The lowest BCUT2D eigenvalue weighted by Gasteiger charge is -2.20. The average molecular weight is 298 g/mol. The summed E-state index contributed by atoms with van der Waals surface area (Å²) in [6.45, 7) is 1.22. The molecule has 2 N–H and O–H groups in total. The summed E-state index contributed by atoms with van der Waals surface area (Å²) >= 11 is 0. The van der Waals surface area contributed by atoms with Gasteiger partial charge in [0.1, 0.15) is 13.2 Å². The smallest absolute Gasteiger partial charge is 0.161 e. The van der Waals surface area contributed by atoms with Crippen LogP contribution in [0.2, 0.25) is 0 Å². The van der Waals surface area contributed by atoms with Crippen molar-refractivity contribution in [1.82, 2.24) is 0 Å². The molecule has 0 fully saturated rings. The van der Waals surface area contributed by atoms with Crippen LogP contribution in [0, 0.1) is 0 Å². The Morgan fingerprint density at radius 1 is 1.00 bits per heavy atom. The first-order chi connectivity index (χ1) is 10.6. The third-order valence-electron chi connectivity index (χ3n) is 3.90. The van der Waals surface area contributed by atoms with E-state index in [1.54, 1.807) is 0 Å². The van der Waals surface area contributed by atoms with Gasteiger partial charge in [-0.05, 0) is 41.8 Å². The molecule has 4 heteroatoms. The largest absolute Gasteiger partial charge is 0.486 e. The van der Waals surface area contributed by atoms with Crippen molar-refractivity contribution < 1.29 is 9.47 Å². The zero-order valence-electron chi connectivity index (χ0n) is 13.1. The number of hydrogen-bond donors (Lipinski definition) is 1. The van der Waals surface area contributed by atoms with Crippen molar-refractivity contribution in [2.45, 2.75) is 12.5 Å². The van der Waals surface area contributed by atoms with Gasteiger partial charge in [0.25, 0.3) is 0 Å². The number of hydrogen-bond acceptors (Lipinski definition) is 4. The molecule has 2 aromatic carbocycles. The number of anilines is 1. The van der Waals surface area contributed by atoms with Crippen LogP contribution in [0.25, 0.3) is 0 Å². The van der Waals surface area contributed by atoms with Gasteiger partial charge in [-0.15, -0.1) is 0 Å². The van der Waals surface area contributed by atoms with Crippen LogP contribution in [0.15, 0.2) is 42.5 Å². The zero-order chi connectivity index (χ0) is 15.5. The predicted molar refractivity (Wildman–Crippen MR) is 88.8 cm³/mol. The molecule has 3 rings (SSSR count). The van der Waals surface area contributed by atoms with Crippen LogP contribution in [0.4, 0.5) is 5.69 Å². The van der Waals surface area contributed by atoms with Gasteiger partial charge in [-0.3, -0.25) is 0 Å². The molecule has 0 bridgehead atoms. The first-order valence-electron chi connectivity index (χ1n) is 7.55. The molecule has 0 radical (unpaired) electrons. The summed E-state index contributed by atoms with van der Waals surface area (Å²) in [6, 6.07) is 14.4. The minimum absolute atomic E-state index is 0.0289. The van der Waals surface area contributed by atoms with Crippen molar-refractivity contribution in [2.75, 3.05) is 32.2 Å². The minimum Gasteiger partial charge on any atom is -0.486 e. The molecule has 0 aliphatic carbocycles. The van der Waals surface area contributed by atoms with Gasteiger partial charge >= 0.3 is 0 Å². The highest BCUT2D eigenvalue weighted by atomic mass is 16.6. The molecule has 0 spiro atoms. The average Bonchev–Trinajstić information content (AvgIpc) is 2.55. The van der Waals surface area contributed by atoms with Crippen LogP contribution < -0.4 is 20.1 Å². The molecule has 4 nitrogen and oxygen atoms in total. The van der Waals surface area contributed by atoms with E-state index in [0.29, 0.717) is 13.2 Å². The molecule has 0 amide bonds. The molecule has 1 aliphatic heterocycles. The Hall–Kier alpha value is -2.20. The SMILES string of the molecule is CN(C)c1ccc(C(N)Cc2ccc3c(c2)OCCO3)cc1. The monoisotopic (exact) mass is 298 g/mol. The highest BCUT2D eigenvalue weighted by molar-refractivity contribution is 5.47. The highest BCUT2D eigenvalue weighted by Gasteiger charge is 2.14. The molecule has 1 aliphatic rings. The maximum absolute atomic E-state index is 6.34. The first kappa shape index (κ1) is 14.7. The highest BCUT2D eigenvalue weighted by Crippen LogP contribution is 2.32. The Morgan fingerprint density at radius 2 is 1.68 bits per heavy atom. The normalized spacial score (nSPS) is 14.5. The van der Waals surface area contributed by atoms with E-state index in [0.717, 1.165) is 29.0 Å². The van der Waals surface area contributed by atoms with Gasteiger partial charge in [0.15, 0.2) is 11.5 Å². The van der Waals surface area contributed by atoms with Crippen molar-refractivity contribution in [1.29, 1.82) is 0 Å². The van der Waals surface area contributed by atoms with Crippen LogP contribution in [-0.4, -0.2) is 27.3 Å². The molecule has 22 heavy (non-hydrogen) atoms. The van der Waals surface area contributed by atoms with E-state index in [2.05, 4.69) is 35.2 Å². The molecule has 0 aromatic heterocycles. The summed E-state index contributed by atoms with van der Waals surface area (Å²) in [5.74, 6) is 1.64. The molecular weight excluding hydrogens is 276 g/mol. The van der Waals surface area contributed by atoms with Crippen LogP contribution in [-0.2, 0) is 6.42 Å². The molecule has 2 aromatic rings. The van der Waals surface area contributed by atoms with E-state index in [-0.39, 0.29) is 6.04 Å². The minimum atomic E-state index is -0.0289. The van der Waals surface area contributed by atoms with Gasteiger partial charge in [-0.2, -0.15) is 0 Å². The van der Waals surface area contributed by atoms with Crippen LogP contribution in [0.3, 0.4) is 0 Å². The summed E-state index contributed by atoms with van der Waals surface area (Å²) in [7, 11) is 4.06. The van der Waals surface area contributed by atoms with Crippen molar-refractivity contribution in [3.63, 3.8) is 0 Å². The molecule has 0 saturated carbocycles. The number of fused-ring (bicyclic) bond motifs is 1. The van der Waals surface area contributed by atoms with Crippen molar-refractivity contribution in [3.8, 4) is 11.5 Å². The zero-order valence-corrected chi connectivity index (χ0v) is 13.1. The predicted octanol–water partition coefficient (Wildman–Crippen LogP) is 2.77. The van der Waals surface area contributed by atoms with E-state index < -0.39 is 0 Å². The Balaban J connectivity index is 1.72. The van der Waals surface area contributed by atoms with Crippen molar-refractivity contribution in [2.24, 2.45) is 5.73 Å². The Kier molecular flexibility index (Phi) is 4.20. The summed E-state index contributed by atoms with van der Waals surface area (Å²) < 4.78 is 11.2. The lowest BCUT2D eigenvalue weighted by atomic mass is 9.99. The fourth-order valence-corrected chi connectivity index (χ4v) is 2.61. The maximum atomic E-state index is 6.34. The van der Waals surface area contributed by atoms with Gasteiger partial charge in [-0.1, -0.05) is 18.2 Å². The summed E-state index contributed by atoms with van der Waals surface area (Å²) in [6.07, 6.45) is 0.776. The second kappa shape index (κ2) is 6.28. The standard InChI is InChI=1S/C18H22N2O2/c1-20(2)15-6-4-14(5-7-15)16(19)11-13-3-8-17-18(12-13)22-10-9-21-17/h3-8,12,16H,9-11,19H2,1-2H3. The fourth-order valence-electron chi connectivity index (χ4n) is 2.61. The van der Waals surface area contributed by atoms with E-state index in [1.807, 2.05) is 26.2 Å². The summed E-state index contributed by atoms with van der Waals surface area (Å²) in [5, 5.41) is 0. The molecule has 1 heterocycles. The Bertz CT molecular complexity index is 638. The van der Waals surface area contributed by atoms with E-state index in [9.17, 15) is 0 Å². The topological polar surface area (TPSA) is 47.7 Å². The Labute approximate surface area is 131 Å². The van der Waals surface area contributed by atoms with E-state index >= 15 is 0 Å². The third kappa shape index (κ3) is 3.17. The maximum Gasteiger partial charge on any atom is 0.161 e. The quantitative estimate of drug-likeness (QED) is 0.943. The number of nitrogens with two attached hydrogens (primary N) is 1. The van der Waals surface area contributed by atoms with Crippen LogP contribution in [0.1, 0.15) is 17.2 Å². The summed E-state index contributed by atoms with van der Waals surface area (Å²) in [4.78, 5) is 2.08. The lowest BCUT2D eigenvalue weighted by molar-refractivity contribution is 0.171. The van der Waals surface area contributed by atoms with Gasteiger partial charge in [0.2, 0.25) is 0 Å². The molecule has 1 unspecified atom stereocenters. The van der Waals surface area contributed by atoms with Crippen LogP contribution in [0.5, 0.6) is 11.5 Å². The lowest BCUT2D eigenvalue weighted by Crippen LogP contribution is -2.17. The number of rotatable bonds is 4. The molecule has 116 valence electrons. The molecular formula is C18H22N2O2. The van der Waals surface area contributed by atoms with Gasteiger partial charge in [-0.25, -0.2) is 0 Å². The van der Waals surface area contributed by atoms with Gasteiger partial charge in [0.05, 0.1) is 0 Å². The second-order valence-corrected chi connectivity index (χ2v) is 5.77. The number of benzene rings is 2. The van der Waals surface area contributed by atoms with Gasteiger partial charge in [0, 0.05) is 25.8 Å². The number of nitrogens with zero attached hydrogens (tertiary/aromatic N) is 1. The third-order valence-corrected chi connectivity index (χ3v) is 3.90. The molecule has 0 saturated heterocycles. The second-order valence-electron chi connectivity index (χ2n) is 5.77. The van der Waals surface area contributed by atoms with E-state index in [1.165, 1.54) is 5.69 Å². The van der Waals surface area contributed by atoms with E-state index in [4.69, 9.17) is 15.2 Å². The van der Waals surface area contributed by atoms with Crippen LogP contribution >= 0.6 is 0 Å². The van der Waals surface area contributed by atoms with Gasteiger partial charge < -0.3 is 20.1 Å². The molecule has 1 atom stereocenters. The first-order valence-corrected chi connectivity index (χ1v) is 7.55. The summed E-state index contributed by atoms with van der Waals surface area (Å²) in [5.41, 5.74) is 9.82. The number of ether oxygens (including phenoxy) is 2.